The molecular formula is C12H8FN3O. The van der Waals surface area contributed by atoms with Crippen LogP contribution in [0.25, 0.3) is 22.4 Å². The highest BCUT2D eigenvalue weighted by atomic mass is 19.1. The van der Waals surface area contributed by atoms with E-state index < -0.39 is 0 Å². The van der Waals surface area contributed by atoms with Crippen LogP contribution in [0.3, 0.4) is 0 Å². The molecule has 5 heteroatoms. The fourth-order valence-corrected chi connectivity index (χ4v) is 1.69. The quantitative estimate of drug-likeness (QED) is 0.673. The standard InChI is InChI=1S/C12H8FN3O/c13-9-2-1-3-10-11(9)16-12(15-10)7-4-8(17)6-14-5-7/h1-6,17H,(H,15,16). The minimum atomic E-state index is -0.377. The molecule has 0 saturated carbocycles. The summed E-state index contributed by atoms with van der Waals surface area (Å²) in [5.74, 6) is 0.148. The Hall–Kier alpha value is -2.43. The van der Waals surface area contributed by atoms with Gasteiger partial charge in [-0.2, -0.15) is 0 Å². The van der Waals surface area contributed by atoms with E-state index in [2.05, 4.69) is 15.0 Å². The number of rotatable bonds is 1. The second kappa shape index (κ2) is 3.55. The number of benzene rings is 1. The molecule has 2 heterocycles. The molecule has 0 amide bonds. The largest absolute Gasteiger partial charge is 0.506 e. The first-order valence-corrected chi connectivity index (χ1v) is 5.02. The van der Waals surface area contributed by atoms with Crippen LogP contribution in [0.15, 0.2) is 36.7 Å². The van der Waals surface area contributed by atoms with Gasteiger partial charge in [0.1, 0.15) is 17.1 Å². The van der Waals surface area contributed by atoms with Gasteiger partial charge in [-0.3, -0.25) is 4.98 Å². The van der Waals surface area contributed by atoms with E-state index in [4.69, 9.17) is 0 Å². The van der Waals surface area contributed by atoms with Crippen LogP contribution in [0.1, 0.15) is 0 Å². The lowest BCUT2D eigenvalue weighted by Crippen LogP contribution is -1.82. The monoisotopic (exact) mass is 229 g/mol. The molecule has 3 rings (SSSR count). The van der Waals surface area contributed by atoms with Crippen molar-refractivity contribution in [3.05, 3.63) is 42.5 Å². The third kappa shape index (κ3) is 1.61. The van der Waals surface area contributed by atoms with Crippen molar-refractivity contribution >= 4 is 11.0 Å². The van der Waals surface area contributed by atoms with E-state index in [1.54, 1.807) is 18.3 Å². The Morgan fingerprint density at radius 2 is 2.12 bits per heavy atom. The molecule has 84 valence electrons. The van der Waals surface area contributed by atoms with Gasteiger partial charge in [0.05, 0.1) is 11.7 Å². The Kier molecular flexibility index (Phi) is 2.04. The molecular weight excluding hydrogens is 221 g/mol. The number of aromatic hydroxyl groups is 1. The number of aromatic nitrogens is 3. The zero-order valence-electron chi connectivity index (χ0n) is 8.68. The first kappa shape index (κ1) is 9.77. The summed E-state index contributed by atoms with van der Waals surface area (Å²) in [5.41, 5.74) is 1.51. The maximum atomic E-state index is 13.4. The molecule has 0 aliphatic rings. The number of hydrogen-bond donors (Lipinski definition) is 2. The van der Waals surface area contributed by atoms with Crippen molar-refractivity contribution in [2.24, 2.45) is 0 Å². The summed E-state index contributed by atoms with van der Waals surface area (Å²) in [6.07, 6.45) is 2.88. The van der Waals surface area contributed by atoms with Crippen LogP contribution in [0.5, 0.6) is 5.75 Å². The van der Waals surface area contributed by atoms with E-state index in [0.29, 0.717) is 16.9 Å². The third-order valence-corrected chi connectivity index (χ3v) is 2.46. The third-order valence-electron chi connectivity index (χ3n) is 2.46. The molecule has 2 N–H and O–H groups in total. The van der Waals surface area contributed by atoms with E-state index in [-0.39, 0.29) is 17.1 Å². The lowest BCUT2D eigenvalue weighted by atomic mass is 10.2. The Morgan fingerprint density at radius 1 is 1.24 bits per heavy atom. The summed E-state index contributed by atoms with van der Waals surface area (Å²) in [5, 5.41) is 9.33. The summed E-state index contributed by atoms with van der Waals surface area (Å²) in [6, 6.07) is 6.22. The molecule has 0 radical (unpaired) electrons. The van der Waals surface area contributed by atoms with E-state index >= 15 is 0 Å². The van der Waals surface area contributed by atoms with Gasteiger partial charge in [0.25, 0.3) is 0 Å². The molecule has 1 aromatic carbocycles. The van der Waals surface area contributed by atoms with Crippen molar-refractivity contribution in [3.63, 3.8) is 0 Å². The van der Waals surface area contributed by atoms with E-state index in [1.165, 1.54) is 18.3 Å². The van der Waals surface area contributed by atoms with Crippen LogP contribution in [0, 0.1) is 5.82 Å². The number of para-hydroxylation sites is 1. The van der Waals surface area contributed by atoms with Gasteiger partial charge in [-0.15, -0.1) is 0 Å². The number of nitrogens with one attached hydrogen (secondary N) is 1. The fraction of sp³-hybridized carbons (Fsp3) is 0. The summed E-state index contributed by atoms with van der Waals surface area (Å²) in [7, 11) is 0. The van der Waals surface area contributed by atoms with Gasteiger partial charge in [0.2, 0.25) is 0 Å². The van der Waals surface area contributed by atoms with Crippen molar-refractivity contribution in [1.29, 1.82) is 0 Å². The lowest BCUT2D eigenvalue weighted by molar-refractivity contribution is 0.473. The number of halogens is 1. The molecule has 0 aliphatic heterocycles. The zero-order valence-corrected chi connectivity index (χ0v) is 8.68. The molecule has 0 bridgehead atoms. The molecule has 0 unspecified atom stereocenters. The van der Waals surface area contributed by atoms with Gasteiger partial charge < -0.3 is 10.1 Å². The van der Waals surface area contributed by atoms with Crippen LogP contribution < -0.4 is 0 Å². The highest BCUT2D eigenvalue weighted by Gasteiger charge is 2.09. The van der Waals surface area contributed by atoms with E-state index in [1.807, 2.05) is 0 Å². The van der Waals surface area contributed by atoms with E-state index in [0.717, 1.165) is 0 Å². The first-order valence-electron chi connectivity index (χ1n) is 5.02. The molecule has 0 atom stereocenters. The average molecular weight is 229 g/mol. The first-order chi connectivity index (χ1) is 8.24. The molecule has 3 aromatic rings. The van der Waals surface area contributed by atoms with Gasteiger partial charge in [0, 0.05) is 11.8 Å². The maximum absolute atomic E-state index is 13.4. The molecule has 0 spiro atoms. The Balaban J connectivity index is 2.22. The average Bonchev–Trinajstić information content (AvgIpc) is 2.74. The van der Waals surface area contributed by atoms with Gasteiger partial charge in [-0.05, 0) is 18.2 Å². The summed E-state index contributed by atoms with van der Waals surface area (Å²) >= 11 is 0. The van der Waals surface area contributed by atoms with Crippen molar-refractivity contribution < 1.29 is 9.50 Å². The van der Waals surface area contributed by atoms with Gasteiger partial charge in [-0.1, -0.05) is 6.07 Å². The minimum absolute atomic E-state index is 0.0448. The molecule has 0 aliphatic carbocycles. The second-order valence-corrected chi connectivity index (χ2v) is 3.65. The maximum Gasteiger partial charge on any atom is 0.151 e. The summed E-state index contributed by atoms with van der Waals surface area (Å²) < 4.78 is 13.4. The van der Waals surface area contributed by atoms with Crippen molar-refractivity contribution in [2.45, 2.75) is 0 Å². The molecule has 2 aromatic heterocycles. The van der Waals surface area contributed by atoms with E-state index in [9.17, 15) is 9.50 Å². The lowest BCUT2D eigenvalue weighted by Gasteiger charge is -1.95. The second-order valence-electron chi connectivity index (χ2n) is 3.65. The number of aromatic amines is 1. The molecule has 0 fully saturated rings. The van der Waals surface area contributed by atoms with Crippen LogP contribution in [0.4, 0.5) is 4.39 Å². The highest BCUT2D eigenvalue weighted by molar-refractivity contribution is 5.79. The number of pyridine rings is 1. The number of H-pyrrole nitrogens is 1. The molecule has 0 saturated heterocycles. The zero-order chi connectivity index (χ0) is 11.8. The Labute approximate surface area is 95.8 Å². The number of nitrogens with zero attached hydrogens (tertiary/aromatic N) is 2. The number of imidazole rings is 1. The van der Waals surface area contributed by atoms with Crippen LogP contribution >= 0.6 is 0 Å². The van der Waals surface area contributed by atoms with Gasteiger partial charge in [0.15, 0.2) is 5.82 Å². The molecule has 4 nitrogen and oxygen atoms in total. The number of fused-ring (bicyclic) bond motifs is 1. The predicted octanol–water partition coefficient (Wildman–Crippen LogP) is 2.47. The van der Waals surface area contributed by atoms with Gasteiger partial charge >= 0.3 is 0 Å². The normalized spacial score (nSPS) is 10.9. The minimum Gasteiger partial charge on any atom is -0.506 e. The summed E-state index contributed by atoms with van der Waals surface area (Å²) in [4.78, 5) is 11.0. The Morgan fingerprint density at radius 3 is 2.88 bits per heavy atom. The number of hydrogen-bond acceptors (Lipinski definition) is 3. The van der Waals surface area contributed by atoms with Crippen LogP contribution in [-0.4, -0.2) is 20.1 Å². The smallest absolute Gasteiger partial charge is 0.151 e. The fourth-order valence-electron chi connectivity index (χ4n) is 1.69. The van der Waals surface area contributed by atoms with Crippen LogP contribution in [0.2, 0.25) is 0 Å². The highest BCUT2D eigenvalue weighted by Crippen LogP contribution is 2.23. The van der Waals surface area contributed by atoms with Crippen molar-refractivity contribution in [3.8, 4) is 17.1 Å². The van der Waals surface area contributed by atoms with Crippen LogP contribution in [-0.2, 0) is 0 Å². The van der Waals surface area contributed by atoms with Gasteiger partial charge in [-0.25, -0.2) is 9.37 Å². The summed E-state index contributed by atoms with van der Waals surface area (Å²) in [6.45, 7) is 0. The SMILES string of the molecule is Oc1cncc(-c2nc3c(F)cccc3[nH]2)c1. The Bertz CT molecular complexity index is 693. The molecule has 17 heavy (non-hydrogen) atoms. The topological polar surface area (TPSA) is 61.8 Å². The predicted molar refractivity (Wildman–Crippen MR) is 60.9 cm³/mol. The van der Waals surface area contributed by atoms with Crippen molar-refractivity contribution in [2.75, 3.05) is 0 Å². The van der Waals surface area contributed by atoms with Crippen molar-refractivity contribution in [1.82, 2.24) is 15.0 Å².